The van der Waals surface area contributed by atoms with E-state index in [9.17, 15) is 14.4 Å². The summed E-state index contributed by atoms with van der Waals surface area (Å²) in [7, 11) is 0. The second kappa shape index (κ2) is 7.97. The molecule has 0 aromatic carbocycles. The Morgan fingerprint density at radius 3 is 2.29 bits per heavy atom. The van der Waals surface area contributed by atoms with Crippen molar-refractivity contribution in [1.82, 2.24) is 5.32 Å². The molecule has 1 amide bonds. The lowest BCUT2D eigenvalue weighted by Gasteiger charge is -2.33. The van der Waals surface area contributed by atoms with Crippen molar-refractivity contribution in [2.75, 3.05) is 0 Å². The number of nitrogens with two attached hydrogens (primary N) is 1. The highest BCUT2D eigenvalue weighted by Gasteiger charge is 2.31. The molecule has 0 spiro atoms. The summed E-state index contributed by atoms with van der Waals surface area (Å²) in [5.74, 6) is -2.50. The number of rotatable bonds is 8. The van der Waals surface area contributed by atoms with Crippen molar-refractivity contribution in [1.29, 1.82) is 0 Å². The van der Waals surface area contributed by atoms with Gasteiger partial charge in [-0.2, -0.15) is 0 Å². The lowest BCUT2D eigenvalue weighted by Crippen LogP contribution is -2.49. The van der Waals surface area contributed by atoms with Crippen LogP contribution >= 0.6 is 0 Å². The second-order valence-electron chi connectivity index (χ2n) is 5.84. The average Bonchev–Trinajstić information content (AvgIpc) is 2.37. The minimum absolute atomic E-state index is 0.102. The van der Waals surface area contributed by atoms with Gasteiger partial charge < -0.3 is 21.3 Å². The maximum absolute atomic E-state index is 12.0. The highest BCUT2D eigenvalue weighted by Crippen LogP contribution is 2.28. The van der Waals surface area contributed by atoms with Crippen LogP contribution in [-0.4, -0.2) is 39.6 Å². The molecule has 0 radical (unpaired) electrons. The Hall–Kier alpha value is -1.63. The molecule has 0 aliphatic heterocycles. The fourth-order valence-electron chi connectivity index (χ4n) is 2.71. The molecule has 21 heavy (non-hydrogen) atoms. The minimum atomic E-state index is -1.15. The summed E-state index contributed by atoms with van der Waals surface area (Å²) in [6, 6.07) is -1.05. The Bertz CT molecular complexity index is 391. The third kappa shape index (κ3) is 6.57. The van der Waals surface area contributed by atoms with Crippen LogP contribution in [0.2, 0.25) is 0 Å². The topological polar surface area (TPSA) is 130 Å². The highest BCUT2D eigenvalue weighted by atomic mass is 16.4. The zero-order chi connectivity index (χ0) is 15.9. The molecule has 1 fully saturated rings. The fourth-order valence-corrected chi connectivity index (χ4v) is 2.71. The highest BCUT2D eigenvalue weighted by molar-refractivity contribution is 5.84. The van der Waals surface area contributed by atoms with Crippen molar-refractivity contribution in [3.8, 4) is 0 Å². The fraction of sp³-hybridized carbons (Fsp3) is 0.786. The van der Waals surface area contributed by atoms with Crippen LogP contribution in [-0.2, 0) is 14.4 Å². The first kappa shape index (κ1) is 17.4. The normalized spacial score (nSPS) is 18.7. The molecule has 0 bridgehead atoms. The number of carboxylic acid groups (broad SMARTS) is 2. The first-order valence-corrected chi connectivity index (χ1v) is 7.35. The largest absolute Gasteiger partial charge is 0.481 e. The number of carboxylic acids is 2. The van der Waals surface area contributed by atoms with E-state index in [1.165, 1.54) is 0 Å². The van der Waals surface area contributed by atoms with Crippen molar-refractivity contribution in [2.45, 2.75) is 69.4 Å². The molecule has 0 unspecified atom stereocenters. The Labute approximate surface area is 123 Å². The molecule has 120 valence electrons. The van der Waals surface area contributed by atoms with Crippen molar-refractivity contribution in [2.24, 2.45) is 5.73 Å². The van der Waals surface area contributed by atoms with Gasteiger partial charge in [-0.05, 0) is 25.7 Å². The average molecular weight is 300 g/mol. The van der Waals surface area contributed by atoms with Gasteiger partial charge in [-0.15, -0.1) is 0 Å². The number of nitrogens with one attached hydrogen (secondary N) is 1. The molecular formula is C14H24N2O5. The SMILES string of the molecule is NC1(CC(=O)N[C@H](CCCC(=O)O)C(=O)O)CCCCC1. The van der Waals surface area contributed by atoms with E-state index in [2.05, 4.69) is 5.32 Å². The van der Waals surface area contributed by atoms with E-state index in [0.29, 0.717) is 0 Å². The Morgan fingerprint density at radius 1 is 1.14 bits per heavy atom. The molecular weight excluding hydrogens is 276 g/mol. The molecule has 0 aromatic rings. The molecule has 1 atom stereocenters. The van der Waals surface area contributed by atoms with Crippen molar-refractivity contribution in [3.63, 3.8) is 0 Å². The standard InChI is InChI=1S/C14H24N2O5/c15-14(7-2-1-3-8-14)9-11(17)16-10(13(20)21)5-4-6-12(18)19/h10H,1-9,15H2,(H,16,17)(H,18,19)(H,20,21)/t10-/m1/s1. The maximum atomic E-state index is 12.0. The number of amides is 1. The molecule has 5 N–H and O–H groups in total. The van der Waals surface area contributed by atoms with Gasteiger partial charge in [0.05, 0.1) is 0 Å². The van der Waals surface area contributed by atoms with Crippen LogP contribution in [0.3, 0.4) is 0 Å². The lowest BCUT2D eigenvalue weighted by atomic mass is 9.80. The summed E-state index contributed by atoms with van der Waals surface area (Å²) in [6.07, 6.45) is 4.97. The second-order valence-corrected chi connectivity index (χ2v) is 5.84. The van der Waals surface area contributed by atoms with Gasteiger partial charge in [-0.1, -0.05) is 19.3 Å². The molecule has 7 heteroatoms. The van der Waals surface area contributed by atoms with E-state index in [1.807, 2.05) is 0 Å². The van der Waals surface area contributed by atoms with Crippen LogP contribution in [0.5, 0.6) is 0 Å². The number of hydrogen-bond acceptors (Lipinski definition) is 4. The van der Waals surface area contributed by atoms with Gasteiger partial charge in [0.25, 0.3) is 0 Å². The van der Waals surface area contributed by atoms with Gasteiger partial charge in [0.1, 0.15) is 6.04 Å². The van der Waals surface area contributed by atoms with E-state index < -0.39 is 23.5 Å². The van der Waals surface area contributed by atoms with Crippen LogP contribution in [0.1, 0.15) is 57.8 Å². The van der Waals surface area contributed by atoms with Gasteiger partial charge in [0.15, 0.2) is 0 Å². The molecule has 1 saturated carbocycles. The Balaban J connectivity index is 2.44. The van der Waals surface area contributed by atoms with Gasteiger partial charge in [0, 0.05) is 18.4 Å². The van der Waals surface area contributed by atoms with Crippen molar-refractivity contribution < 1.29 is 24.6 Å². The summed E-state index contributed by atoms with van der Waals surface area (Å²) in [5, 5.41) is 20.1. The molecule has 0 aromatic heterocycles. The molecule has 7 nitrogen and oxygen atoms in total. The van der Waals surface area contributed by atoms with E-state index in [1.54, 1.807) is 0 Å². The smallest absolute Gasteiger partial charge is 0.326 e. The molecule has 1 rings (SSSR count). The summed E-state index contributed by atoms with van der Waals surface area (Å²) >= 11 is 0. The Morgan fingerprint density at radius 2 is 1.76 bits per heavy atom. The Kier molecular flexibility index (Phi) is 6.61. The number of aliphatic carboxylic acids is 2. The predicted molar refractivity (Wildman–Crippen MR) is 75.7 cm³/mol. The van der Waals surface area contributed by atoms with Crippen molar-refractivity contribution >= 4 is 17.8 Å². The first-order chi connectivity index (χ1) is 9.82. The van der Waals surface area contributed by atoms with Gasteiger partial charge in [-0.25, -0.2) is 4.79 Å². The van der Waals surface area contributed by atoms with E-state index in [4.69, 9.17) is 15.9 Å². The lowest BCUT2D eigenvalue weighted by molar-refractivity contribution is -0.143. The summed E-state index contributed by atoms with van der Waals surface area (Å²) in [5.41, 5.74) is 5.63. The third-order valence-corrected chi connectivity index (χ3v) is 3.88. The summed E-state index contributed by atoms with van der Waals surface area (Å²) < 4.78 is 0. The van der Waals surface area contributed by atoms with Crippen molar-refractivity contribution in [3.05, 3.63) is 0 Å². The van der Waals surface area contributed by atoms with Crippen LogP contribution in [0.4, 0.5) is 0 Å². The summed E-state index contributed by atoms with van der Waals surface area (Å²) in [4.78, 5) is 33.5. The third-order valence-electron chi connectivity index (χ3n) is 3.88. The minimum Gasteiger partial charge on any atom is -0.481 e. The monoisotopic (exact) mass is 300 g/mol. The van der Waals surface area contributed by atoms with Crippen LogP contribution in [0, 0.1) is 0 Å². The number of carbonyl (C=O) groups is 3. The first-order valence-electron chi connectivity index (χ1n) is 7.35. The molecule has 0 heterocycles. The number of hydrogen-bond donors (Lipinski definition) is 4. The molecule has 1 aliphatic carbocycles. The van der Waals surface area contributed by atoms with Gasteiger partial charge in [0.2, 0.25) is 5.91 Å². The summed E-state index contributed by atoms with van der Waals surface area (Å²) in [6.45, 7) is 0. The zero-order valence-electron chi connectivity index (χ0n) is 12.1. The van der Waals surface area contributed by atoms with Crippen LogP contribution < -0.4 is 11.1 Å². The number of carbonyl (C=O) groups excluding carboxylic acids is 1. The van der Waals surface area contributed by atoms with Gasteiger partial charge >= 0.3 is 11.9 Å². The molecule has 1 aliphatic rings. The quantitative estimate of drug-likeness (QED) is 0.526. The molecule has 0 saturated heterocycles. The van der Waals surface area contributed by atoms with E-state index in [0.717, 1.165) is 32.1 Å². The van der Waals surface area contributed by atoms with E-state index >= 15 is 0 Å². The van der Waals surface area contributed by atoms with Gasteiger partial charge in [-0.3, -0.25) is 9.59 Å². The zero-order valence-corrected chi connectivity index (χ0v) is 12.1. The van der Waals surface area contributed by atoms with Crippen LogP contribution in [0.25, 0.3) is 0 Å². The predicted octanol–water partition coefficient (Wildman–Crippen LogP) is 0.862. The maximum Gasteiger partial charge on any atom is 0.326 e. The van der Waals surface area contributed by atoms with E-state index in [-0.39, 0.29) is 31.6 Å². The van der Waals surface area contributed by atoms with Crippen LogP contribution in [0.15, 0.2) is 0 Å².